The minimum atomic E-state index is -0.253. The Hall–Kier alpha value is -1.17. The third-order valence-corrected chi connectivity index (χ3v) is 2.29. The lowest BCUT2D eigenvalue weighted by Crippen LogP contribution is -2.32. The number of hydrogen-bond acceptors (Lipinski definition) is 3. The minimum Gasteiger partial charge on any atom is -0.355 e. The van der Waals surface area contributed by atoms with Crippen molar-refractivity contribution < 1.29 is 4.79 Å². The molecule has 0 aliphatic heterocycles. The van der Waals surface area contributed by atoms with Gasteiger partial charge in [0.2, 0.25) is 5.91 Å². The summed E-state index contributed by atoms with van der Waals surface area (Å²) in [4.78, 5) is 26.6. The number of halogens is 1. The average molecular weight is 274 g/mol. The fraction of sp³-hybridized carbons (Fsp3) is 0.444. The first kappa shape index (κ1) is 11.9. The molecule has 82 valence electrons. The first-order valence-electron chi connectivity index (χ1n) is 4.61. The van der Waals surface area contributed by atoms with Crippen molar-refractivity contribution in [1.29, 1.82) is 0 Å². The number of carbonyl (C=O) groups excluding carboxylic acids is 1. The summed E-state index contributed by atoms with van der Waals surface area (Å²) in [5.74, 6) is -0.182. The van der Waals surface area contributed by atoms with Gasteiger partial charge in [0, 0.05) is 12.7 Å². The Kier molecular flexibility index (Phi) is 4.48. The summed E-state index contributed by atoms with van der Waals surface area (Å²) < 4.78 is 1.61. The van der Waals surface area contributed by atoms with Gasteiger partial charge in [-0.3, -0.25) is 14.2 Å². The maximum atomic E-state index is 11.5. The number of carbonyl (C=O) groups is 1. The monoisotopic (exact) mass is 273 g/mol. The van der Waals surface area contributed by atoms with Crippen LogP contribution >= 0.6 is 15.9 Å². The molecule has 1 amide bonds. The Labute approximate surface area is 95.6 Å². The van der Waals surface area contributed by atoms with Crippen LogP contribution in [0, 0.1) is 0 Å². The van der Waals surface area contributed by atoms with Gasteiger partial charge in [-0.25, -0.2) is 4.98 Å². The highest BCUT2D eigenvalue weighted by Crippen LogP contribution is 1.97. The minimum absolute atomic E-state index is 0.00523. The molecule has 0 unspecified atom stereocenters. The number of aromatic nitrogens is 2. The molecule has 1 heterocycles. The Morgan fingerprint density at radius 2 is 2.40 bits per heavy atom. The number of amides is 1. The molecule has 5 nitrogen and oxygen atoms in total. The smallest absolute Gasteiger partial charge is 0.268 e. The van der Waals surface area contributed by atoms with Gasteiger partial charge in [-0.05, 0) is 22.4 Å². The highest BCUT2D eigenvalue weighted by Gasteiger charge is 2.05. The summed E-state index contributed by atoms with van der Waals surface area (Å²) in [6.07, 6.45) is 3.62. The van der Waals surface area contributed by atoms with Crippen LogP contribution in [0.15, 0.2) is 21.8 Å². The molecule has 0 aliphatic rings. The second-order valence-corrected chi connectivity index (χ2v) is 3.88. The summed E-state index contributed by atoms with van der Waals surface area (Å²) in [7, 11) is 0. The largest absolute Gasteiger partial charge is 0.355 e. The first-order valence-corrected chi connectivity index (χ1v) is 5.41. The molecule has 0 atom stereocenters. The van der Waals surface area contributed by atoms with Crippen molar-refractivity contribution in [3.63, 3.8) is 0 Å². The van der Waals surface area contributed by atoms with Crippen molar-refractivity contribution in [3.8, 4) is 0 Å². The molecule has 0 spiro atoms. The van der Waals surface area contributed by atoms with E-state index in [0.717, 1.165) is 6.42 Å². The van der Waals surface area contributed by atoms with Gasteiger partial charge in [0.05, 0.1) is 6.33 Å². The number of hydrogen-bond donors (Lipinski definition) is 1. The van der Waals surface area contributed by atoms with Gasteiger partial charge in [0.1, 0.15) is 11.0 Å². The van der Waals surface area contributed by atoms with Crippen LogP contribution in [-0.2, 0) is 11.3 Å². The van der Waals surface area contributed by atoms with Crippen molar-refractivity contribution in [1.82, 2.24) is 14.9 Å². The summed E-state index contributed by atoms with van der Waals surface area (Å²) in [6, 6.07) is 0. The Morgan fingerprint density at radius 1 is 1.67 bits per heavy atom. The molecule has 6 heteroatoms. The van der Waals surface area contributed by atoms with Crippen LogP contribution in [0.3, 0.4) is 0 Å². The van der Waals surface area contributed by atoms with E-state index in [4.69, 9.17) is 0 Å². The normalized spacial score (nSPS) is 10.0. The van der Waals surface area contributed by atoms with Crippen molar-refractivity contribution in [2.45, 2.75) is 19.9 Å². The number of nitrogens with one attached hydrogen (secondary N) is 1. The molecule has 0 saturated heterocycles. The molecule has 1 N–H and O–H groups in total. The third kappa shape index (κ3) is 3.47. The number of rotatable bonds is 4. The molecule has 15 heavy (non-hydrogen) atoms. The highest BCUT2D eigenvalue weighted by atomic mass is 79.9. The van der Waals surface area contributed by atoms with Gasteiger partial charge in [-0.2, -0.15) is 0 Å². The van der Waals surface area contributed by atoms with Crippen LogP contribution < -0.4 is 10.9 Å². The van der Waals surface area contributed by atoms with Gasteiger partial charge in [0.25, 0.3) is 5.56 Å². The Morgan fingerprint density at radius 3 is 3.07 bits per heavy atom. The standard InChI is InChI=1S/C9H12BrN3O2/c1-2-3-12-8(14)5-13-6-11-4-7(10)9(13)15/h4,6H,2-3,5H2,1H3,(H,12,14). The van der Waals surface area contributed by atoms with E-state index in [1.807, 2.05) is 6.92 Å². The average Bonchev–Trinajstić information content (AvgIpc) is 2.22. The zero-order valence-electron chi connectivity index (χ0n) is 8.36. The quantitative estimate of drug-likeness (QED) is 0.871. The topological polar surface area (TPSA) is 64.0 Å². The van der Waals surface area contributed by atoms with Crippen molar-refractivity contribution in [2.24, 2.45) is 0 Å². The van der Waals surface area contributed by atoms with E-state index >= 15 is 0 Å². The molecule has 0 aromatic carbocycles. The van der Waals surface area contributed by atoms with Crippen LogP contribution in [0.4, 0.5) is 0 Å². The predicted molar refractivity (Wildman–Crippen MR) is 59.5 cm³/mol. The van der Waals surface area contributed by atoms with Crippen molar-refractivity contribution in [3.05, 3.63) is 27.4 Å². The first-order chi connectivity index (χ1) is 7.15. The second kappa shape index (κ2) is 5.65. The van der Waals surface area contributed by atoms with Gasteiger partial charge >= 0.3 is 0 Å². The predicted octanol–water partition coefficient (Wildman–Crippen LogP) is 0.532. The van der Waals surface area contributed by atoms with E-state index in [9.17, 15) is 9.59 Å². The molecule has 0 fully saturated rings. The third-order valence-electron chi connectivity index (χ3n) is 1.75. The van der Waals surface area contributed by atoms with Crippen LogP contribution in [0.25, 0.3) is 0 Å². The van der Waals surface area contributed by atoms with Crippen LogP contribution in [0.1, 0.15) is 13.3 Å². The molecular formula is C9H12BrN3O2. The summed E-state index contributed by atoms with van der Waals surface area (Å²) in [5, 5.41) is 2.69. The molecule has 0 aliphatic carbocycles. The molecule has 1 aromatic heterocycles. The van der Waals surface area contributed by atoms with E-state index < -0.39 is 0 Å². The second-order valence-electron chi connectivity index (χ2n) is 3.02. The van der Waals surface area contributed by atoms with Gasteiger partial charge < -0.3 is 5.32 Å². The summed E-state index contributed by atoms with van der Waals surface area (Å²) >= 11 is 3.06. The van der Waals surface area contributed by atoms with Gasteiger partial charge in [-0.1, -0.05) is 6.92 Å². The summed E-state index contributed by atoms with van der Waals surface area (Å²) in [5.41, 5.74) is -0.253. The van der Waals surface area contributed by atoms with E-state index in [1.54, 1.807) is 0 Å². The Balaban J connectivity index is 2.69. The van der Waals surface area contributed by atoms with Gasteiger partial charge in [-0.15, -0.1) is 0 Å². The number of nitrogens with zero attached hydrogens (tertiary/aromatic N) is 2. The fourth-order valence-corrected chi connectivity index (χ4v) is 1.36. The fourth-order valence-electron chi connectivity index (χ4n) is 1.01. The lowest BCUT2D eigenvalue weighted by atomic mass is 10.4. The van der Waals surface area contributed by atoms with E-state index in [2.05, 4.69) is 26.2 Å². The lowest BCUT2D eigenvalue weighted by Gasteiger charge is -2.05. The molecule has 1 aromatic rings. The van der Waals surface area contributed by atoms with Crippen molar-refractivity contribution >= 4 is 21.8 Å². The van der Waals surface area contributed by atoms with Crippen LogP contribution in [0.5, 0.6) is 0 Å². The van der Waals surface area contributed by atoms with Crippen LogP contribution in [0.2, 0.25) is 0 Å². The molecule has 0 radical (unpaired) electrons. The van der Waals surface area contributed by atoms with E-state index in [-0.39, 0.29) is 18.0 Å². The molecule has 1 rings (SSSR count). The maximum Gasteiger partial charge on any atom is 0.268 e. The Bertz CT molecular complexity index is 403. The van der Waals surface area contributed by atoms with E-state index in [0.29, 0.717) is 11.0 Å². The molecular weight excluding hydrogens is 262 g/mol. The highest BCUT2D eigenvalue weighted by molar-refractivity contribution is 9.10. The van der Waals surface area contributed by atoms with Gasteiger partial charge in [0.15, 0.2) is 0 Å². The lowest BCUT2D eigenvalue weighted by molar-refractivity contribution is -0.121. The molecule has 0 saturated carbocycles. The van der Waals surface area contributed by atoms with E-state index in [1.165, 1.54) is 17.1 Å². The zero-order valence-corrected chi connectivity index (χ0v) is 9.95. The SMILES string of the molecule is CCCNC(=O)Cn1cncc(Br)c1=O. The van der Waals surface area contributed by atoms with Crippen molar-refractivity contribution in [2.75, 3.05) is 6.54 Å². The van der Waals surface area contributed by atoms with Crippen LogP contribution in [-0.4, -0.2) is 22.0 Å². The molecule has 0 bridgehead atoms. The maximum absolute atomic E-state index is 11.5. The summed E-state index contributed by atoms with van der Waals surface area (Å²) in [6.45, 7) is 2.59. The zero-order chi connectivity index (χ0) is 11.3.